The molecule has 0 saturated carbocycles. The molecule has 2 aromatic heterocycles. The summed E-state index contributed by atoms with van der Waals surface area (Å²) in [4.78, 5) is 16.8. The first kappa shape index (κ1) is 14.2. The van der Waals surface area contributed by atoms with Crippen molar-refractivity contribution in [2.24, 2.45) is 0 Å². The molecule has 0 atom stereocenters. The molecule has 0 unspecified atom stereocenters. The van der Waals surface area contributed by atoms with Crippen LogP contribution in [-0.2, 0) is 0 Å². The van der Waals surface area contributed by atoms with E-state index in [9.17, 15) is 9.18 Å². The lowest BCUT2D eigenvalue weighted by Crippen LogP contribution is -2.14. The van der Waals surface area contributed by atoms with Crippen LogP contribution in [0, 0.1) is 5.82 Å². The van der Waals surface area contributed by atoms with Gasteiger partial charge in [-0.1, -0.05) is 29.3 Å². The number of fused-ring (bicyclic) bond motifs is 3. The maximum absolute atomic E-state index is 13.4. The minimum Gasteiger partial charge on any atom is -0.289 e. The topological polar surface area (TPSA) is 50.7 Å². The summed E-state index contributed by atoms with van der Waals surface area (Å²) in [6.45, 7) is 0. The molecular formula is C16H8Cl2FN3O. The van der Waals surface area contributed by atoms with Crippen LogP contribution < -0.4 is 5.56 Å². The zero-order chi connectivity index (χ0) is 16.1. The van der Waals surface area contributed by atoms with Crippen molar-refractivity contribution >= 4 is 45.0 Å². The van der Waals surface area contributed by atoms with Gasteiger partial charge < -0.3 is 0 Å². The van der Waals surface area contributed by atoms with Crippen LogP contribution in [0.4, 0.5) is 4.39 Å². The third kappa shape index (κ3) is 2.20. The van der Waals surface area contributed by atoms with Crippen molar-refractivity contribution in [2.75, 3.05) is 0 Å². The Kier molecular flexibility index (Phi) is 3.14. The number of pyridine rings is 1. The number of aromatic nitrogens is 3. The van der Waals surface area contributed by atoms with Crippen molar-refractivity contribution in [2.45, 2.75) is 0 Å². The fourth-order valence-corrected chi connectivity index (χ4v) is 3.18. The summed E-state index contributed by atoms with van der Waals surface area (Å²) in [6, 6.07) is 9.00. The largest absolute Gasteiger partial charge is 0.289 e. The van der Waals surface area contributed by atoms with Crippen molar-refractivity contribution < 1.29 is 4.39 Å². The molecule has 0 aliphatic rings. The lowest BCUT2D eigenvalue weighted by Gasteiger charge is -2.02. The lowest BCUT2D eigenvalue weighted by atomic mass is 10.2. The van der Waals surface area contributed by atoms with E-state index >= 15 is 0 Å². The van der Waals surface area contributed by atoms with Crippen LogP contribution in [0.1, 0.15) is 0 Å². The van der Waals surface area contributed by atoms with Crippen LogP contribution in [0.25, 0.3) is 27.5 Å². The SMILES string of the molecule is O=c1c2cnc3cc(Cl)cc(Cl)c3c2[nH]n1-c1cccc(F)c1. The predicted octanol–water partition coefficient (Wildman–Crippen LogP) is 4.31. The molecule has 23 heavy (non-hydrogen) atoms. The van der Waals surface area contributed by atoms with E-state index < -0.39 is 5.82 Å². The Labute approximate surface area is 139 Å². The Morgan fingerprint density at radius 2 is 2.00 bits per heavy atom. The third-order valence-electron chi connectivity index (χ3n) is 3.61. The highest BCUT2D eigenvalue weighted by Crippen LogP contribution is 2.31. The van der Waals surface area contributed by atoms with Gasteiger partial charge in [0.1, 0.15) is 5.82 Å². The molecule has 2 heterocycles. The van der Waals surface area contributed by atoms with Gasteiger partial charge in [-0.15, -0.1) is 0 Å². The van der Waals surface area contributed by atoms with Crippen LogP contribution in [0.2, 0.25) is 10.0 Å². The Morgan fingerprint density at radius 3 is 2.78 bits per heavy atom. The summed E-state index contributed by atoms with van der Waals surface area (Å²) in [6.07, 6.45) is 1.46. The zero-order valence-electron chi connectivity index (χ0n) is 11.5. The highest BCUT2D eigenvalue weighted by Gasteiger charge is 2.14. The van der Waals surface area contributed by atoms with E-state index in [1.165, 1.54) is 29.1 Å². The molecule has 4 rings (SSSR count). The van der Waals surface area contributed by atoms with Gasteiger partial charge in [0.2, 0.25) is 0 Å². The van der Waals surface area contributed by atoms with Crippen molar-refractivity contribution in [1.82, 2.24) is 14.8 Å². The molecular weight excluding hydrogens is 340 g/mol. The van der Waals surface area contributed by atoms with Gasteiger partial charge in [0.05, 0.1) is 27.1 Å². The summed E-state index contributed by atoms with van der Waals surface area (Å²) in [7, 11) is 0. The van der Waals surface area contributed by atoms with Gasteiger partial charge >= 0.3 is 0 Å². The van der Waals surface area contributed by atoms with Gasteiger partial charge in [0.25, 0.3) is 5.56 Å². The molecule has 2 aromatic carbocycles. The fourth-order valence-electron chi connectivity index (χ4n) is 2.60. The van der Waals surface area contributed by atoms with Crippen LogP contribution >= 0.6 is 23.2 Å². The van der Waals surface area contributed by atoms with Crippen LogP contribution in [0.5, 0.6) is 0 Å². The molecule has 7 heteroatoms. The maximum Gasteiger partial charge on any atom is 0.280 e. The number of hydrogen-bond donors (Lipinski definition) is 1. The van der Waals surface area contributed by atoms with E-state index in [2.05, 4.69) is 10.1 Å². The first-order valence-corrected chi connectivity index (χ1v) is 7.44. The van der Waals surface area contributed by atoms with Crippen LogP contribution in [0.3, 0.4) is 0 Å². The molecule has 0 radical (unpaired) electrons. The van der Waals surface area contributed by atoms with Gasteiger partial charge in [-0.2, -0.15) is 0 Å². The van der Waals surface area contributed by atoms with Gasteiger partial charge in [-0.05, 0) is 30.3 Å². The highest BCUT2D eigenvalue weighted by molar-refractivity contribution is 6.40. The second-order valence-electron chi connectivity index (χ2n) is 5.06. The van der Waals surface area contributed by atoms with E-state index in [-0.39, 0.29) is 5.56 Å². The maximum atomic E-state index is 13.4. The van der Waals surface area contributed by atoms with Crippen LogP contribution in [0.15, 0.2) is 47.4 Å². The number of hydrogen-bond acceptors (Lipinski definition) is 2. The van der Waals surface area contributed by atoms with E-state index in [1.54, 1.807) is 18.2 Å². The minimum atomic E-state index is -0.430. The number of halogens is 3. The van der Waals surface area contributed by atoms with Gasteiger partial charge in [-0.3, -0.25) is 14.9 Å². The van der Waals surface area contributed by atoms with Crippen LogP contribution in [-0.4, -0.2) is 14.8 Å². The standard InChI is InChI=1S/C16H8Cl2FN3O/c17-8-4-12(18)14-13(5-8)20-7-11-15(14)21-22(16(11)23)10-3-1-2-9(19)6-10/h1-7,21H. The minimum absolute atomic E-state index is 0.328. The van der Waals surface area contributed by atoms with E-state index in [1.807, 2.05) is 0 Å². The molecule has 1 N–H and O–H groups in total. The summed E-state index contributed by atoms with van der Waals surface area (Å²) in [5.41, 5.74) is 1.17. The first-order valence-electron chi connectivity index (χ1n) is 6.69. The van der Waals surface area contributed by atoms with E-state index in [0.29, 0.717) is 37.5 Å². The van der Waals surface area contributed by atoms with Crippen molar-refractivity contribution in [3.63, 3.8) is 0 Å². The second kappa shape index (κ2) is 5.08. The summed E-state index contributed by atoms with van der Waals surface area (Å²) in [5, 5.41) is 4.79. The molecule has 0 fully saturated rings. The number of aromatic amines is 1. The van der Waals surface area contributed by atoms with E-state index in [0.717, 1.165) is 0 Å². The Hall–Kier alpha value is -2.37. The number of nitrogens with one attached hydrogen (secondary N) is 1. The Morgan fingerprint density at radius 1 is 1.17 bits per heavy atom. The van der Waals surface area contributed by atoms with Gasteiger partial charge in [0, 0.05) is 16.6 Å². The molecule has 4 nitrogen and oxygen atoms in total. The van der Waals surface area contributed by atoms with Gasteiger partial charge in [0.15, 0.2) is 0 Å². The van der Waals surface area contributed by atoms with Crippen molar-refractivity contribution in [1.29, 1.82) is 0 Å². The number of rotatable bonds is 1. The summed E-state index contributed by atoms with van der Waals surface area (Å²) >= 11 is 12.2. The van der Waals surface area contributed by atoms with Gasteiger partial charge in [-0.25, -0.2) is 9.07 Å². The molecule has 0 spiro atoms. The third-order valence-corrected chi connectivity index (χ3v) is 4.13. The lowest BCUT2D eigenvalue weighted by molar-refractivity contribution is 0.625. The molecule has 114 valence electrons. The molecule has 0 aliphatic carbocycles. The number of H-pyrrole nitrogens is 1. The smallest absolute Gasteiger partial charge is 0.280 e. The second-order valence-corrected chi connectivity index (χ2v) is 5.90. The monoisotopic (exact) mass is 347 g/mol. The fraction of sp³-hybridized carbons (Fsp3) is 0. The molecule has 0 aliphatic heterocycles. The number of benzene rings is 2. The average Bonchev–Trinajstić information content (AvgIpc) is 2.84. The molecule has 0 saturated heterocycles. The highest BCUT2D eigenvalue weighted by atomic mass is 35.5. The Balaban J connectivity index is 2.12. The average molecular weight is 348 g/mol. The molecule has 4 aromatic rings. The number of nitrogens with zero attached hydrogens (tertiary/aromatic N) is 2. The van der Waals surface area contributed by atoms with Crippen molar-refractivity contribution in [3.05, 3.63) is 68.8 Å². The van der Waals surface area contributed by atoms with E-state index in [4.69, 9.17) is 23.2 Å². The Bertz CT molecular complexity index is 1130. The quantitative estimate of drug-likeness (QED) is 0.557. The molecule has 0 amide bonds. The predicted molar refractivity (Wildman–Crippen MR) is 89.2 cm³/mol. The summed E-state index contributed by atoms with van der Waals surface area (Å²) in [5.74, 6) is -0.430. The normalized spacial score (nSPS) is 11.4. The molecule has 0 bridgehead atoms. The van der Waals surface area contributed by atoms with Crippen molar-refractivity contribution in [3.8, 4) is 5.69 Å². The summed E-state index contributed by atoms with van der Waals surface area (Å²) < 4.78 is 14.7. The first-order chi connectivity index (χ1) is 11.0. The zero-order valence-corrected chi connectivity index (χ0v) is 13.0.